The SMILES string of the molecule is CCCCCc1cccc(Br)c1. The molecule has 1 aromatic carbocycles. The Bertz CT molecular complexity index is 230. The molecule has 0 N–H and O–H groups in total. The summed E-state index contributed by atoms with van der Waals surface area (Å²) in [5, 5.41) is 0. The maximum absolute atomic E-state index is 3.47. The van der Waals surface area contributed by atoms with Gasteiger partial charge in [0.2, 0.25) is 0 Å². The molecular formula is C11H15Br. The van der Waals surface area contributed by atoms with Crippen LogP contribution in [0, 0.1) is 0 Å². The number of unbranched alkanes of at least 4 members (excludes halogenated alkanes) is 2. The fourth-order valence-electron chi connectivity index (χ4n) is 1.27. The summed E-state index contributed by atoms with van der Waals surface area (Å²) in [4.78, 5) is 0. The van der Waals surface area contributed by atoms with Gasteiger partial charge in [-0.25, -0.2) is 0 Å². The van der Waals surface area contributed by atoms with Gasteiger partial charge in [0.25, 0.3) is 0 Å². The lowest BCUT2D eigenvalue weighted by molar-refractivity contribution is 0.717. The molecule has 12 heavy (non-hydrogen) atoms. The van der Waals surface area contributed by atoms with E-state index in [2.05, 4.69) is 47.1 Å². The van der Waals surface area contributed by atoms with Gasteiger partial charge in [-0.15, -0.1) is 0 Å². The first-order chi connectivity index (χ1) is 5.83. The summed E-state index contributed by atoms with van der Waals surface area (Å²) < 4.78 is 1.19. The van der Waals surface area contributed by atoms with E-state index in [1.165, 1.54) is 35.7 Å². The summed E-state index contributed by atoms with van der Waals surface area (Å²) in [7, 11) is 0. The lowest BCUT2D eigenvalue weighted by atomic mass is 10.1. The van der Waals surface area contributed by atoms with E-state index in [9.17, 15) is 0 Å². The zero-order valence-corrected chi connectivity index (χ0v) is 9.10. The monoisotopic (exact) mass is 226 g/mol. The Labute approximate surface area is 83.1 Å². The van der Waals surface area contributed by atoms with Crippen molar-refractivity contribution in [1.29, 1.82) is 0 Å². The Morgan fingerprint density at radius 3 is 2.75 bits per heavy atom. The van der Waals surface area contributed by atoms with Crippen LogP contribution in [0.25, 0.3) is 0 Å². The highest BCUT2D eigenvalue weighted by atomic mass is 79.9. The van der Waals surface area contributed by atoms with Crippen LogP contribution in [0.3, 0.4) is 0 Å². The Morgan fingerprint density at radius 2 is 2.08 bits per heavy atom. The van der Waals surface area contributed by atoms with Crippen molar-refractivity contribution >= 4 is 15.9 Å². The second-order valence-corrected chi connectivity index (χ2v) is 4.00. The molecule has 0 amide bonds. The molecule has 0 bridgehead atoms. The highest BCUT2D eigenvalue weighted by Crippen LogP contribution is 2.13. The van der Waals surface area contributed by atoms with E-state index in [0.29, 0.717) is 0 Å². The highest BCUT2D eigenvalue weighted by molar-refractivity contribution is 9.10. The zero-order chi connectivity index (χ0) is 8.81. The van der Waals surface area contributed by atoms with Crippen molar-refractivity contribution in [1.82, 2.24) is 0 Å². The van der Waals surface area contributed by atoms with Gasteiger partial charge in [-0.3, -0.25) is 0 Å². The van der Waals surface area contributed by atoms with Gasteiger partial charge in [-0.2, -0.15) is 0 Å². The summed E-state index contributed by atoms with van der Waals surface area (Å²) >= 11 is 3.47. The van der Waals surface area contributed by atoms with Crippen LogP contribution in [0.5, 0.6) is 0 Å². The number of benzene rings is 1. The Hall–Kier alpha value is -0.300. The van der Waals surface area contributed by atoms with E-state index in [-0.39, 0.29) is 0 Å². The van der Waals surface area contributed by atoms with Gasteiger partial charge >= 0.3 is 0 Å². The molecule has 0 aliphatic rings. The lowest BCUT2D eigenvalue weighted by Crippen LogP contribution is -1.84. The molecule has 0 aromatic heterocycles. The van der Waals surface area contributed by atoms with Crippen LogP contribution < -0.4 is 0 Å². The molecule has 0 heterocycles. The van der Waals surface area contributed by atoms with Crippen LogP contribution in [0.2, 0.25) is 0 Å². The van der Waals surface area contributed by atoms with Crippen LogP contribution in [0.4, 0.5) is 0 Å². The van der Waals surface area contributed by atoms with Crippen molar-refractivity contribution in [2.75, 3.05) is 0 Å². The quantitative estimate of drug-likeness (QED) is 0.677. The average molecular weight is 227 g/mol. The first-order valence-electron chi connectivity index (χ1n) is 4.57. The number of aryl methyl sites for hydroxylation is 1. The van der Waals surface area contributed by atoms with E-state index >= 15 is 0 Å². The molecule has 0 fully saturated rings. The Balaban J connectivity index is 2.41. The molecule has 0 radical (unpaired) electrons. The largest absolute Gasteiger partial charge is 0.0654 e. The van der Waals surface area contributed by atoms with Crippen molar-refractivity contribution in [3.8, 4) is 0 Å². The fourth-order valence-corrected chi connectivity index (χ4v) is 1.72. The molecule has 0 saturated heterocycles. The van der Waals surface area contributed by atoms with E-state index in [4.69, 9.17) is 0 Å². The molecule has 0 unspecified atom stereocenters. The minimum absolute atomic E-state index is 1.19. The van der Waals surface area contributed by atoms with Gasteiger partial charge in [-0.1, -0.05) is 47.8 Å². The molecule has 1 rings (SSSR count). The molecule has 1 heteroatoms. The normalized spacial score (nSPS) is 10.2. The maximum atomic E-state index is 3.47. The summed E-state index contributed by atoms with van der Waals surface area (Å²) in [6, 6.07) is 8.57. The first-order valence-corrected chi connectivity index (χ1v) is 5.36. The van der Waals surface area contributed by atoms with Crippen molar-refractivity contribution in [2.24, 2.45) is 0 Å². The smallest absolute Gasteiger partial charge is 0.0177 e. The predicted octanol–water partition coefficient (Wildman–Crippen LogP) is 4.18. The third-order valence-corrected chi connectivity index (χ3v) is 2.45. The third-order valence-electron chi connectivity index (χ3n) is 1.96. The number of rotatable bonds is 4. The molecule has 66 valence electrons. The van der Waals surface area contributed by atoms with Crippen LogP contribution >= 0.6 is 15.9 Å². The first kappa shape index (κ1) is 9.79. The maximum Gasteiger partial charge on any atom is 0.0177 e. The van der Waals surface area contributed by atoms with Gasteiger partial charge in [-0.05, 0) is 30.5 Å². The lowest BCUT2D eigenvalue weighted by Gasteiger charge is -2.00. The van der Waals surface area contributed by atoms with Gasteiger partial charge in [0.05, 0.1) is 0 Å². The standard InChI is InChI=1S/C11H15Br/c1-2-3-4-6-10-7-5-8-11(12)9-10/h5,7-9H,2-4,6H2,1H3. The average Bonchev–Trinajstić information content (AvgIpc) is 2.05. The van der Waals surface area contributed by atoms with Gasteiger partial charge in [0.15, 0.2) is 0 Å². The van der Waals surface area contributed by atoms with Crippen molar-refractivity contribution in [3.05, 3.63) is 34.3 Å². The van der Waals surface area contributed by atoms with Crippen molar-refractivity contribution < 1.29 is 0 Å². The number of hydrogen-bond donors (Lipinski definition) is 0. The van der Waals surface area contributed by atoms with E-state index in [1.807, 2.05) is 0 Å². The summed E-state index contributed by atoms with van der Waals surface area (Å²) in [6.45, 7) is 2.24. The number of hydrogen-bond acceptors (Lipinski definition) is 0. The summed E-state index contributed by atoms with van der Waals surface area (Å²) in [6.07, 6.45) is 5.17. The van der Waals surface area contributed by atoms with Crippen LogP contribution in [-0.4, -0.2) is 0 Å². The molecular weight excluding hydrogens is 212 g/mol. The molecule has 0 aliphatic heterocycles. The molecule has 1 aromatic rings. The number of halogens is 1. The Kier molecular flexibility index (Phi) is 4.37. The molecule has 0 nitrogen and oxygen atoms in total. The minimum atomic E-state index is 1.19. The Morgan fingerprint density at radius 1 is 1.25 bits per heavy atom. The molecule has 0 spiro atoms. The minimum Gasteiger partial charge on any atom is -0.0654 e. The van der Waals surface area contributed by atoms with E-state index < -0.39 is 0 Å². The molecule has 0 atom stereocenters. The molecule has 0 saturated carbocycles. The molecule has 0 aliphatic carbocycles. The summed E-state index contributed by atoms with van der Waals surface area (Å²) in [5.74, 6) is 0. The van der Waals surface area contributed by atoms with Crippen molar-refractivity contribution in [3.63, 3.8) is 0 Å². The van der Waals surface area contributed by atoms with Gasteiger partial charge in [0.1, 0.15) is 0 Å². The summed E-state index contributed by atoms with van der Waals surface area (Å²) in [5.41, 5.74) is 1.44. The zero-order valence-electron chi connectivity index (χ0n) is 7.52. The van der Waals surface area contributed by atoms with Gasteiger partial charge < -0.3 is 0 Å². The van der Waals surface area contributed by atoms with Crippen molar-refractivity contribution in [2.45, 2.75) is 32.6 Å². The van der Waals surface area contributed by atoms with E-state index in [0.717, 1.165) is 0 Å². The van der Waals surface area contributed by atoms with E-state index in [1.54, 1.807) is 0 Å². The third kappa shape index (κ3) is 3.40. The van der Waals surface area contributed by atoms with Crippen LogP contribution in [0.15, 0.2) is 28.7 Å². The second kappa shape index (κ2) is 5.36. The van der Waals surface area contributed by atoms with Crippen LogP contribution in [0.1, 0.15) is 31.7 Å². The van der Waals surface area contributed by atoms with Gasteiger partial charge in [0, 0.05) is 4.47 Å². The second-order valence-electron chi connectivity index (χ2n) is 3.09. The van der Waals surface area contributed by atoms with Crippen LogP contribution in [-0.2, 0) is 6.42 Å². The fraction of sp³-hybridized carbons (Fsp3) is 0.455. The highest BCUT2D eigenvalue weighted by Gasteiger charge is 1.92. The predicted molar refractivity (Wildman–Crippen MR) is 57.4 cm³/mol. The topological polar surface area (TPSA) is 0 Å².